The minimum absolute atomic E-state index is 0.0341. The molecule has 0 spiro atoms. The Bertz CT molecular complexity index is 488. The van der Waals surface area contributed by atoms with Crippen LogP contribution < -0.4 is 10.1 Å². The Labute approximate surface area is 122 Å². The Morgan fingerprint density at radius 2 is 2.05 bits per heavy atom. The van der Waals surface area contributed by atoms with Gasteiger partial charge in [-0.05, 0) is 55.7 Å². The molecule has 1 fully saturated rings. The summed E-state index contributed by atoms with van der Waals surface area (Å²) in [5, 5.41) is 3.66. The molecule has 0 amide bonds. The topological polar surface area (TPSA) is 21.3 Å². The first-order valence-corrected chi connectivity index (χ1v) is 8.04. The van der Waals surface area contributed by atoms with Crippen molar-refractivity contribution >= 4 is 0 Å². The number of fused-ring (bicyclic) bond motifs is 1. The van der Waals surface area contributed by atoms with Gasteiger partial charge >= 0.3 is 0 Å². The minimum atomic E-state index is -0.0341. The van der Waals surface area contributed by atoms with Gasteiger partial charge in [-0.15, -0.1) is 0 Å². The predicted octanol–water partition coefficient (Wildman–Crippen LogP) is 4.07. The van der Waals surface area contributed by atoms with E-state index in [1.165, 1.54) is 43.4 Å². The van der Waals surface area contributed by atoms with Gasteiger partial charge in [0.2, 0.25) is 0 Å². The molecule has 2 nitrogen and oxygen atoms in total. The third kappa shape index (κ3) is 3.01. The van der Waals surface area contributed by atoms with Crippen molar-refractivity contribution in [2.24, 2.45) is 5.41 Å². The van der Waals surface area contributed by atoms with Crippen LogP contribution in [-0.2, 0) is 13.0 Å². The van der Waals surface area contributed by atoms with Crippen molar-refractivity contribution in [1.82, 2.24) is 5.32 Å². The van der Waals surface area contributed by atoms with Crippen LogP contribution in [0.25, 0.3) is 0 Å². The lowest BCUT2D eigenvalue weighted by Crippen LogP contribution is -2.24. The van der Waals surface area contributed by atoms with E-state index in [0.29, 0.717) is 5.41 Å². The van der Waals surface area contributed by atoms with Crippen LogP contribution in [0.15, 0.2) is 18.2 Å². The van der Waals surface area contributed by atoms with E-state index in [9.17, 15) is 0 Å². The van der Waals surface area contributed by atoms with E-state index in [1.807, 2.05) is 0 Å². The lowest BCUT2D eigenvalue weighted by atomic mass is 9.99. The van der Waals surface area contributed by atoms with Crippen LogP contribution in [0.2, 0.25) is 0 Å². The van der Waals surface area contributed by atoms with Gasteiger partial charge in [0, 0.05) is 19.5 Å². The highest BCUT2D eigenvalue weighted by molar-refractivity contribution is 5.41. The van der Waals surface area contributed by atoms with Gasteiger partial charge in [0.15, 0.2) is 0 Å². The van der Waals surface area contributed by atoms with Crippen LogP contribution in [0, 0.1) is 5.41 Å². The molecule has 1 aromatic rings. The van der Waals surface area contributed by atoms with E-state index in [1.54, 1.807) is 0 Å². The van der Waals surface area contributed by atoms with Crippen LogP contribution in [0.4, 0.5) is 0 Å². The minimum Gasteiger partial charge on any atom is -0.487 e. The standard InChI is InChI=1S/C18H27NO/c1-4-7-18(8-9-18)13-19-12-14-5-6-16-15(10-14)11-17(2,3)20-16/h5-6,10,19H,4,7-9,11-13H2,1-3H3. The predicted molar refractivity (Wildman–Crippen MR) is 83.1 cm³/mol. The largest absolute Gasteiger partial charge is 0.487 e. The van der Waals surface area contributed by atoms with E-state index in [4.69, 9.17) is 4.74 Å². The molecule has 2 aliphatic rings. The van der Waals surface area contributed by atoms with Gasteiger partial charge < -0.3 is 10.1 Å². The van der Waals surface area contributed by atoms with Crippen molar-refractivity contribution in [3.8, 4) is 5.75 Å². The third-order valence-electron chi connectivity index (χ3n) is 4.69. The molecule has 0 unspecified atom stereocenters. The van der Waals surface area contributed by atoms with E-state index >= 15 is 0 Å². The van der Waals surface area contributed by atoms with Crippen molar-refractivity contribution in [2.75, 3.05) is 6.54 Å². The first-order chi connectivity index (χ1) is 9.52. The summed E-state index contributed by atoms with van der Waals surface area (Å²) in [5.41, 5.74) is 3.35. The zero-order valence-electron chi connectivity index (χ0n) is 13.1. The zero-order chi connectivity index (χ0) is 14.2. The summed E-state index contributed by atoms with van der Waals surface area (Å²) in [5.74, 6) is 1.07. The van der Waals surface area contributed by atoms with Gasteiger partial charge in [-0.3, -0.25) is 0 Å². The number of hydrogen-bond acceptors (Lipinski definition) is 2. The molecule has 0 radical (unpaired) electrons. The first-order valence-electron chi connectivity index (χ1n) is 8.04. The molecule has 0 bridgehead atoms. The molecule has 0 aromatic heterocycles. The summed E-state index contributed by atoms with van der Waals surface area (Å²) in [4.78, 5) is 0. The highest BCUT2D eigenvalue weighted by atomic mass is 16.5. The zero-order valence-corrected chi connectivity index (χ0v) is 13.1. The van der Waals surface area contributed by atoms with Crippen molar-refractivity contribution in [1.29, 1.82) is 0 Å². The maximum Gasteiger partial charge on any atom is 0.123 e. The van der Waals surface area contributed by atoms with Gasteiger partial charge in [0.05, 0.1) is 0 Å². The van der Waals surface area contributed by atoms with Gasteiger partial charge in [-0.25, -0.2) is 0 Å². The molecule has 20 heavy (non-hydrogen) atoms. The molecule has 1 aliphatic carbocycles. The molecule has 110 valence electrons. The molecule has 1 aliphatic heterocycles. The van der Waals surface area contributed by atoms with E-state index < -0.39 is 0 Å². The fourth-order valence-electron chi connectivity index (χ4n) is 3.47. The Morgan fingerprint density at radius 1 is 1.25 bits per heavy atom. The van der Waals surface area contributed by atoms with Gasteiger partial charge in [0.1, 0.15) is 11.4 Å². The monoisotopic (exact) mass is 273 g/mol. The molecule has 1 N–H and O–H groups in total. The van der Waals surface area contributed by atoms with Gasteiger partial charge in [-0.1, -0.05) is 25.5 Å². The normalized spacial score (nSPS) is 21.4. The van der Waals surface area contributed by atoms with Crippen LogP contribution in [0.5, 0.6) is 5.75 Å². The number of rotatable bonds is 6. The van der Waals surface area contributed by atoms with Crippen molar-refractivity contribution < 1.29 is 4.74 Å². The molecule has 3 rings (SSSR count). The fraction of sp³-hybridized carbons (Fsp3) is 0.667. The third-order valence-corrected chi connectivity index (χ3v) is 4.69. The van der Waals surface area contributed by atoms with Crippen LogP contribution in [0.3, 0.4) is 0 Å². The highest BCUT2D eigenvalue weighted by Gasteiger charge is 2.40. The lowest BCUT2D eigenvalue weighted by Gasteiger charge is -2.16. The Kier molecular flexibility index (Phi) is 3.53. The summed E-state index contributed by atoms with van der Waals surface area (Å²) >= 11 is 0. The van der Waals surface area contributed by atoms with Crippen molar-refractivity contribution in [3.05, 3.63) is 29.3 Å². The summed E-state index contributed by atoms with van der Waals surface area (Å²) in [6, 6.07) is 6.66. The maximum absolute atomic E-state index is 5.93. The first kappa shape index (κ1) is 13.9. The Balaban J connectivity index is 1.55. The van der Waals surface area contributed by atoms with E-state index in [2.05, 4.69) is 44.3 Å². The summed E-state index contributed by atoms with van der Waals surface area (Å²) in [6.07, 6.45) is 6.55. The average Bonchev–Trinajstić information content (AvgIpc) is 3.04. The Morgan fingerprint density at radius 3 is 2.75 bits per heavy atom. The molecule has 2 heteroatoms. The van der Waals surface area contributed by atoms with E-state index in [0.717, 1.165) is 18.7 Å². The number of nitrogens with one attached hydrogen (secondary N) is 1. The number of hydrogen-bond donors (Lipinski definition) is 1. The summed E-state index contributed by atoms with van der Waals surface area (Å²) in [7, 11) is 0. The smallest absolute Gasteiger partial charge is 0.123 e. The van der Waals surface area contributed by atoms with Crippen LogP contribution in [-0.4, -0.2) is 12.1 Å². The molecule has 0 saturated heterocycles. The SMILES string of the molecule is CCCC1(CNCc2ccc3c(c2)CC(C)(C)O3)CC1. The quantitative estimate of drug-likeness (QED) is 0.843. The highest BCUT2D eigenvalue weighted by Crippen LogP contribution is 2.49. The fourth-order valence-corrected chi connectivity index (χ4v) is 3.47. The average molecular weight is 273 g/mol. The van der Waals surface area contributed by atoms with Gasteiger partial charge in [0.25, 0.3) is 0 Å². The van der Waals surface area contributed by atoms with Crippen molar-refractivity contribution in [3.63, 3.8) is 0 Å². The molecular weight excluding hydrogens is 246 g/mol. The Hall–Kier alpha value is -1.02. The van der Waals surface area contributed by atoms with Gasteiger partial charge in [-0.2, -0.15) is 0 Å². The molecule has 0 atom stereocenters. The van der Waals surface area contributed by atoms with E-state index in [-0.39, 0.29) is 5.60 Å². The molecule has 1 saturated carbocycles. The molecule has 1 aromatic carbocycles. The molecular formula is C18H27NO. The summed E-state index contributed by atoms with van der Waals surface area (Å²) in [6.45, 7) is 8.78. The number of benzene rings is 1. The number of ether oxygens (including phenoxy) is 1. The van der Waals surface area contributed by atoms with Crippen LogP contribution >= 0.6 is 0 Å². The maximum atomic E-state index is 5.93. The van der Waals surface area contributed by atoms with Crippen molar-refractivity contribution in [2.45, 2.75) is 65.0 Å². The second kappa shape index (κ2) is 5.07. The van der Waals surface area contributed by atoms with Crippen LogP contribution in [0.1, 0.15) is 57.6 Å². The second-order valence-electron chi connectivity index (χ2n) is 7.33. The lowest BCUT2D eigenvalue weighted by molar-refractivity contribution is 0.138. The molecule has 1 heterocycles. The summed E-state index contributed by atoms with van der Waals surface area (Å²) < 4.78 is 5.93. The second-order valence-corrected chi connectivity index (χ2v) is 7.33.